The highest BCUT2D eigenvalue weighted by atomic mass is 32.1. The van der Waals surface area contributed by atoms with Gasteiger partial charge in [-0.05, 0) is 181 Å². The summed E-state index contributed by atoms with van der Waals surface area (Å²) in [6.45, 7) is 22.6. The monoisotopic (exact) mass is 988 g/mol. The lowest BCUT2D eigenvalue weighted by molar-refractivity contribution is -0.146. The number of esters is 2. The minimum absolute atomic E-state index is 0.000531. The first kappa shape index (κ1) is 54.3. The molecule has 2 heterocycles. The van der Waals surface area contributed by atoms with Crippen LogP contribution in [0.1, 0.15) is 108 Å². The van der Waals surface area contributed by atoms with Crippen LogP contribution in [0.2, 0.25) is 0 Å². The van der Waals surface area contributed by atoms with Gasteiger partial charge in [0.05, 0.1) is 6.61 Å². The summed E-state index contributed by atoms with van der Waals surface area (Å²) in [5.41, 5.74) is 12.1. The normalized spacial score (nSPS) is 12.1. The number of carbonyl (C=O) groups is 2. The molecule has 1 aliphatic carbocycles. The number of aryl methyl sites for hydroxylation is 1. The Labute approximate surface area is 431 Å². The summed E-state index contributed by atoms with van der Waals surface area (Å²) < 4.78 is 21.3. The van der Waals surface area contributed by atoms with Crippen molar-refractivity contribution < 1.29 is 28.5 Å². The van der Waals surface area contributed by atoms with Crippen LogP contribution in [0.15, 0.2) is 160 Å². The fourth-order valence-corrected chi connectivity index (χ4v) is 11.3. The van der Waals surface area contributed by atoms with E-state index in [0.29, 0.717) is 19.4 Å². The standard InChI is InChI=1S/C51H52O3S2.C12H20O3/c1-6-30-51(31-7-2)44-33-38(48-28-26-46(55-48)36-16-14-35(5)15-17-36)20-24-42(44)43-25-21-39(34-45(43)51)49-29-27-47(56-49)37-18-22-41(23-19-37)53-32-12-10-11-13-50(52)54-40(8-3)9-4;1-4-11(5-2)15-12(13)9-7-6-8-10-14-3/h8-9,14-29,33-34,40H,3-4,6-7,10-13,30-32H2,1-2,5H3;4-5,11H,1-2,6-10H2,3H3. The Kier molecular flexibility index (Phi) is 21.0. The lowest BCUT2D eigenvalue weighted by Gasteiger charge is -2.32. The third-order valence-electron chi connectivity index (χ3n) is 13.0. The molecule has 6 nitrogen and oxygen atoms in total. The second-order valence-corrected chi connectivity index (χ2v) is 20.3. The van der Waals surface area contributed by atoms with E-state index in [1.54, 1.807) is 31.4 Å². The van der Waals surface area contributed by atoms with Gasteiger partial charge in [-0.2, -0.15) is 0 Å². The lowest BCUT2D eigenvalue weighted by Crippen LogP contribution is -2.25. The highest BCUT2D eigenvalue weighted by Crippen LogP contribution is 2.56. The van der Waals surface area contributed by atoms with E-state index in [1.807, 2.05) is 22.7 Å². The summed E-state index contributed by atoms with van der Waals surface area (Å²) in [6.07, 6.45) is 16.2. The molecule has 6 aromatic rings. The van der Waals surface area contributed by atoms with Crippen LogP contribution in [0.25, 0.3) is 52.9 Å². The van der Waals surface area contributed by atoms with Crippen molar-refractivity contribution in [2.45, 2.75) is 115 Å². The Morgan fingerprint density at radius 2 is 0.944 bits per heavy atom. The van der Waals surface area contributed by atoms with Gasteiger partial charge in [0.1, 0.15) is 18.0 Å². The van der Waals surface area contributed by atoms with Gasteiger partial charge in [-0.3, -0.25) is 9.59 Å². The molecule has 0 atom stereocenters. The predicted molar refractivity (Wildman–Crippen MR) is 300 cm³/mol. The SMILES string of the molecule is C=CC(C=C)OC(=O)CCCCCOC.C=CC(C=C)OC(=O)CCCCCOc1ccc(-c2ccc(-c3ccc4c(c3)C(CCC)(CCC)c3cc(-c5ccc(-c6ccc(C)cc6)s5)ccc3-4)s2)cc1. The maximum Gasteiger partial charge on any atom is 0.306 e. The van der Waals surface area contributed by atoms with E-state index in [4.69, 9.17) is 18.9 Å². The third-order valence-corrected chi connectivity index (χ3v) is 15.3. The molecule has 0 saturated heterocycles. The summed E-state index contributed by atoms with van der Waals surface area (Å²) in [5, 5.41) is 0. The lowest BCUT2D eigenvalue weighted by atomic mass is 9.71. The number of thiophene rings is 2. The molecule has 0 bridgehead atoms. The van der Waals surface area contributed by atoms with Crippen molar-refractivity contribution in [1.29, 1.82) is 0 Å². The van der Waals surface area contributed by atoms with Crippen LogP contribution in [0.4, 0.5) is 0 Å². The van der Waals surface area contributed by atoms with Crippen LogP contribution in [0, 0.1) is 6.92 Å². The number of rotatable bonds is 27. The minimum atomic E-state index is -0.422. The zero-order valence-electron chi connectivity index (χ0n) is 42.4. The summed E-state index contributed by atoms with van der Waals surface area (Å²) >= 11 is 3.74. The first-order valence-corrected chi connectivity index (χ1v) is 26.9. The fraction of sp³-hybridized carbons (Fsp3) is 0.333. The number of fused-ring (bicyclic) bond motifs is 3. The molecule has 0 saturated carbocycles. The highest BCUT2D eigenvalue weighted by molar-refractivity contribution is 7.19. The molecule has 7 rings (SSSR count). The fourth-order valence-electron chi connectivity index (χ4n) is 9.29. The van der Waals surface area contributed by atoms with Crippen molar-refractivity contribution >= 4 is 34.6 Å². The van der Waals surface area contributed by atoms with Gasteiger partial charge in [-0.15, -0.1) is 22.7 Å². The smallest absolute Gasteiger partial charge is 0.306 e. The van der Waals surface area contributed by atoms with Crippen LogP contribution < -0.4 is 4.74 Å². The predicted octanol–water partition coefficient (Wildman–Crippen LogP) is 17.4. The molecule has 71 heavy (non-hydrogen) atoms. The van der Waals surface area contributed by atoms with Gasteiger partial charge >= 0.3 is 11.9 Å². The van der Waals surface area contributed by atoms with Crippen LogP contribution in [0.5, 0.6) is 5.75 Å². The Bertz CT molecular complexity index is 2660. The minimum Gasteiger partial charge on any atom is -0.494 e. The van der Waals surface area contributed by atoms with Crippen LogP contribution >= 0.6 is 22.7 Å². The molecule has 0 fully saturated rings. The summed E-state index contributed by atoms with van der Waals surface area (Å²) in [7, 11) is 1.67. The Morgan fingerprint density at radius 3 is 1.37 bits per heavy atom. The van der Waals surface area contributed by atoms with Crippen molar-refractivity contribution in [2.24, 2.45) is 0 Å². The van der Waals surface area contributed by atoms with Crippen LogP contribution in [0.3, 0.4) is 0 Å². The molecule has 0 amide bonds. The second kappa shape index (κ2) is 27.5. The highest BCUT2D eigenvalue weighted by Gasteiger charge is 2.42. The molecule has 0 N–H and O–H groups in total. The molecular formula is C63H72O6S2. The number of ether oxygens (including phenoxy) is 4. The number of hydrogen-bond donors (Lipinski definition) is 0. The first-order valence-electron chi connectivity index (χ1n) is 25.3. The van der Waals surface area contributed by atoms with Gasteiger partial charge in [-0.25, -0.2) is 0 Å². The first-order chi connectivity index (χ1) is 34.6. The average Bonchev–Trinajstić information content (AvgIpc) is 4.15. The van der Waals surface area contributed by atoms with Gasteiger partial charge < -0.3 is 18.9 Å². The van der Waals surface area contributed by atoms with Crippen molar-refractivity contribution in [3.05, 3.63) is 177 Å². The molecule has 0 spiro atoms. The van der Waals surface area contributed by atoms with Gasteiger partial charge in [0.2, 0.25) is 0 Å². The average molecular weight is 989 g/mol. The van der Waals surface area contributed by atoms with E-state index >= 15 is 0 Å². The zero-order chi connectivity index (χ0) is 50.6. The summed E-state index contributed by atoms with van der Waals surface area (Å²) in [6, 6.07) is 40.9. The molecule has 1 aliphatic rings. The van der Waals surface area contributed by atoms with Gasteiger partial charge in [0.15, 0.2) is 0 Å². The number of methoxy groups -OCH3 is 1. The molecule has 2 aromatic heterocycles. The molecule has 8 heteroatoms. The number of hydrogen-bond acceptors (Lipinski definition) is 8. The topological polar surface area (TPSA) is 71.1 Å². The second-order valence-electron chi connectivity index (χ2n) is 18.1. The zero-order valence-corrected chi connectivity index (χ0v) is 44.0. The van der Waals surface area contributed by atoms with E-state index in [1.165, 1.54) is 69.6 Å². The molecular weight excluding hydrogens is 917 g/mol. The van der Waals surface area contributed by atoms with E-state index in [-0.39, 0.29) is 23.5 Å². The maximum absolute atomic E-state index is 12.0. The third kappa shape index (κ3) is 14.5. The number of benzene rings is 4. The van der Waals surface area contributed by atoms with E-state index in [2.05, 4.69) is 156 Å². The summed E-state index contributed by atoms with van der Waals surface area (Å²) in [5.74, 6) is 0.444. The molecule has 0 unspecified atom stereocenters. The van der Waals surface area contributed by atoms with E-state index in [9.17, 15) is 9.59 Å². The number of unbranched alkanes of at least 4 members (excludes halogenated alkanes) is 4. The molecule has 0 aliphatic heterocycles. The van der Waals surface area contributed by atoms with E-state index < -0.39 is 6.10 Å². The molecule has 0 radical (unpaired) electrons. The van der Waals surface area contributed by atoms with Crippen molar-refractivity contribution in [1.82, 2.24) is 0 Å². The van der Waals surface area contributed by atoms with Gasteiger partial charge in [-0.1, -0.05) is 114 Å². The largest absolute Gasteiger partial charge is 0.494 e. The molecule has 372 valence electrons. The van der Waals surface area contributed by atoms with Crippen molar-refractivity contribution in [3.63, 3.8) is 0 Å². The van der Waals surface area contributed by atoms with Gasteiger partial charge in [0, 0.05) is 51.5 Å². The quantitative estimate of drug-likeness (QED) is 0.0291. The Hall–Kier alpha value is -6.06. The van der Waals surface area contributed by atoms with Crippen LogP contribution in [-0.4, -0.2) is 44.5 Å². The van der Waals surface area contributed by atoms with Crippen LogP contribution in [-0.2, 0) is 29.2 Å². The Balaban J connectivity index is 0.000000476. The van der Waals surface area contributed by atoms with E-state index in [0.717, 1.165) is 76.6 Å². The van der Waals surface area contributed by atoms with Crippen molar-refractivity contribution in [2.75, 3.05) is 20.3 Å². The van der Waals surface area contributed by atoms with Crippen molar-refractivity contribution in [3.8, 4) is 58.6 Å². The Morgan fingerprint density at radius 1 is 0.535 bits per heavy atom. The van der Waals surface area contributed by atoms with Gasteiger partial charge in [0.25, 0.3) is 0 Å². The molecule has 4 aromatic carbocycles. The summed E-state index contributed by atoms with van der Waals surface area (Å²) in [4.78, 5) is 28.4. The maximum atomic E-state index is 12.0. The number of carbonyl (C=O) groups excluding carboxylic acids is 2.